The number of amides is 1. The zero-order valence-corrected chi connectivity index (χ0v) is 17.4. The van der Waals surface area contributed by atoms with Gasteiger partial charge in [-0.25, -0.2) is 9.59 Å². The van der Waals surface area contributed by atoms with Gasteiger partial charge in [0, 0.05) is 0 Å². The number of carbonyl (C=O) groups is 2. The van der Waals surface area contributed by atoms with Crippen molar-refractivity contribution in [3.05, 3.63) is 35.9 Å². The van der Waals surface area contributed by atoms with Crippen LogP contribution in [0.25, 0.3) is 0 Å². The number of piperidine rings is 1. The zero-order chi connectivity index (χ0) is 20.9. The second kappa shape index (κ2) is 8.91. The summed E-state index contributed by atoms with van der Waals surface area (Å²) in [6, 6.07) is 7.85. The third-order valence-electron chi connectivity index (χ3n) is 4.11. The Labute approximate surface area is 165 Å². The molecule has 1 aromatic carbocycles. The van der Waals surface area contributed by atoms with E-state index in [4.69, 9.17) is 13.7 Å². The number of benzene rings is 1. The van der Waals surface area contributed by atoms with E-state index >= 15 is 0 Å². The van der Waals surface area contributed by atoms with Crippen LogP contribution in [0.2, 0.25) is 0 Å². The summed E-state index contributed by atoms with van der Waals surface area (Å²) < 4.78 is 40.2. The molecule has 156 valence electrons. The number of hydrogen-bond donors (Lipinski definition) is 0. The van der Waals surface area contributed by atoms with Crippen LogP contribution in [0.4, 0.5) is 4.79 Å². The van der Waals surface area contributed by atoms with E-state index in [2.05, 4.69) is 0 Å². The molecule has 1 fully saturated rings. The summed E-state index contributed by atoms with van der Waals surface area (Å²) in [5, 5.41) is 0. The lowest BCUT2D eigenvalue weighted by molar-refractivity contribution is -0.149. The Morgan fingerprint density at radius 2 is 1.79 bits per heavy atom. The minimum Gasteiger partial charge on any atom is -0.467 e. The third-order valence-corrected chi connectivity index (χ3v) is 5.36. The van der Waals surface area contributed by atoms with Crippen molar-refractivity contribution in [3.8, 4) is 0 Å². The van der Waals surface area contributed by atoms with Gasteiger partial charge in [-0.1, -0.05) is 30.3 Å². The van der Waals surface area contributed by atoms with Crippen LogP contribution in [0.1, 0.15) is 39.2 Å². The lowest BCUT2D eigenvalue weighted by Gasteiger charge is -2.38. The van der Waals surface area contributed by atoms with E-state index in [0.717, 1.165) is 0 Å². The first-order chi connectivity index (χ1) is 13.0. The topological polar surface area (TPSA) is 99.2 Å². The van der Waals surface area contributed by atoms with Gasteiger partial charge in [-0.15, -0.1) is 0 Å². The summed E-state index contributed by atoms with van der Waals surface area (Å²) >= 11 is 0. The Hall–Kier alpha value is -2.13. The van der Waals surface area contributed by atoms with Crippen molar-refractivity contribution < 1.29 is 31.7 Å². The lowest BCUT2D eigenvalue weighted by atomic mass is 10.0. The molecular formula is C19H27NO7S. The largest absolute Gasteiger partial charge is 0.467 e. The third kappa shape index (κ3) is 6.49. The van der Waals surface area contributed by atoms with Crippen molar-refractivity contribution in [2.45, 2.75) is 57.1 Å². The van der Waals surface area contributed by atoms with Gasteiger partial charge in [0.2, 0.25) is 0 Å². The molecule has 9 heteroatoms. The van der Waals surface area contributed by atoms with E-state index in [0.29, 0.717) is 12.0 Å². The monoisotopic (exact) mass is 413 g/mol. The minimum absolute atomic E-state index is 0.0807. The molecule has 28 heavy (non-hydrogen) atoms. The summed E-state index contributed by atoms with van der Waals surface area (Å²) in [6.45, 7) is 5.05. The van der Waals surface area contributed by atoms with Crippen molar-refractivity contribution >= 4 is 22.2 Å². The minimum atomic E-state index is -3.86. The molecule has 1 aromatic rings. The molecular weight excluding hydrogens is 386 g/mol. The number of ether oxygens (including phenoxy) is 2. The van der Waals surface area contributed by atoms with Crippen LogP contribution in [-0.2, 0) is 34.3 Å². The Morgan fingerprint density at radius 3 is 2.36 bits per heavy atom. The normalized spacial score (nSPS) is 20.5. The van der Waals surface area contributed by atoms with Crippen LogP contribution in [0, 0.1) is 0 Å². The summed E-state index contributed by atoms with van der Waals surface area (Å²) in [7, 11) is -2.62. The van der Waals surface area contributed by atoms with Crippen LogP contribution in [-0.4, -0.2) is 56.8 Å². The highest BCUT2D eigenvalue weighted by Crippen LogP contribution is 2.25. The number of likely N-dealkylation sites (tertiary alicyclic amines) is 1. The molecule has 1 saturated heterocycles. The SMILES string of the molecule is COC(=O)[C@@H]1CC[C@H](OS(=O)(=O)Cc2ccccc2)CN1C(=O)OC(C)(C)C. The molecule has 0 aromatic heterocycles. The van der Waals surface area contributed by atoms with Gasteiger partial charge >= 0.3 is 12.1 Å². The molecule has 0 bridgehead atoms. The molecule has 2 rings (SSSR count). The summed E-state index contributed by atoms with van der Waals surface area (Å²) in [4.78, 5) is 25.8. The summed E-state index contributed by atoms with van der Waals surface area (Å²) in [5.41, 5.74) is -0.153. The molecule has 0 aliphatic carbocycles. The van der Waals surface area contributed by atoms with Gasteiger partial charge < -0.3 is 9.47 Å². The van der Waals surface area contributed by atoms with E-state index in [1.807, 2.05) is 0 Å². The highest BCUT2D eigenvalue weighted by Gasteiger charge is 2.40. The molecule has 0 radical (unpaired) electrons. The highest BCUT2D eigenvalue weighted by molar-refractivity contribution is 7.85. The predicted octanol–water partition coefficient (Wildman–Crippen LogP) is 2.47. The van der Waals surface area contributed by atoms with E-state index < -0.39 is 39.9 Å². The number of hydrogen-bond acceptors (Lipinski definition) is 7. The molecule has 1 amide bonds. The number of carbonyl (C=O) groups excluding carboxylic acids is 2. The van der Waals surface area contributed by atoms with Crippen molar-refractivity contribution in [2.75, 3.05) is 13.7 Å². The van der Waals surface area contributed by atoms with Gasteiger partial charge in [-0.3, -0.25) is 9.08 Å². The highest BCUT2D eigenvalue weighted by atomic mass is 32.2. The molecule has 2 atom stereocenters. The van der Waals surface area contributed by atoms with Crippen molar-refractivity contribution in [1.29, 1.82) is 0 Å². The summed E-state index contributed by atoms with van der Waals surface area (Å²) in [5.74, 6) is -0.839. The second-order valence-electron chi connectivity index (χ2n) is 7.65. The average molecular weight is 413 g/mol. The van der Waals surface area contributed by atoms with Crippen LogP contribution >= 0.6 is 0 Å². The molecule has 0 spiro atoms. The number of nitrogens with zero attached hydrogens (tertiary/aromatic N) is 1. The van der Waals surface area contributed by atoms with E-state index in [9.17, 15) is 18.0 Å². The maximum absolute atomic E-state index is 12.5. The molecule has 0 unspecified atom stereocenters. The van der Waals surface area contributed by atoms with Crippen LogP contribution in [0.3, 0.4) is 0 Å². The Balaban J connectivity index is 2.10. The first kappa shape index (κ1) is 22.2. The van der Waals surface area contributed by atoms with E-state index in [-0.39, 0.29) is 18.7 Å². The number of rotatable bonds is 5. The fourth-order valence-electron chi connectivity index (χ4n) is 2.94. The number of methoxy groups -OCH3 is 1. The molecule has 1 aliphatic heterocycles. The first-order valence-electron chi connectivity index (χ1n) is 9.03. The van der Waals surface area contributed by atoms with Crippen molar-refractivity contribution in [3.63, 3.8) is 0 Å². The Morgan fingerprint density at radius 1 is 1.14 bits per heavy atom. The van der Waals surface area contributed by atoms with Gasteiger partial charge in [0.05, 0.1) is 19.8 Å². The number of esters is 1. The Kier molecular flexibility index (Phi) is 7.06. The van der Waals surface area contributed by atoms with Crippen LogP contribution in [0.15, 0.2) is 30.3 Å². The molecule has 0 N–H and O–H groups in total. The van der Waals surface area contributed by atoms with Crippen LogP contribution < -0.4 is 0 Å². The lowest BCUT2D eigenvalue weighted by Crippen LogP contribution is -2.54. The van der Waals surface area contributed by atoms with Crippen molar-refractivity contribution in [2.24, 2.45) is 0 Å². The molecule has 0 saturated carbocycles. The van der Waals surface area contributed by atoms with Gasteiger partial charge in [0.1, 0.15) is 17.4 Å². The van der Waals surface area contributed by atoms with E-state index in [1.165, 1.54) is 12.0 Å². The Bertz CT molecular complexity index is 786. The average Bonchev–Trinajstić information content (AvgIpc) is 2.59. The van der Waals surface area contributed by atoms with Gasteiger partial charge in [0.25, 0.3) is 10.1 Å². The van der Waals surface area contributed by atoms with Crippen LogP contribution in [0.5, 0.6) is 0 Å². The van der Waals surface area contributed by atoms with Gasteiger partial charge in [-0.2, -0.15) is 8.42 Å². The molecule has 1 heterocycles. The van der Waals surface area contributed by atoms with Crippen molar-refractivity contribution in [1.82, 2.24) is 4.90 Å². The maximum atomic E-state index is 12.5. The van der Waals surface area contributed by atoms with E-state index in [1.54, 1.807) is 51.1 Å². The van der Waals surface area contributed by atoms with Gasteiger partial charge in [-0.05, 0) is 39.2 Å². The smallest absolute Gasteiger partial charge is 0.411 e. The maximum Gasteiger partial charge on any atom is 0.411 e. The standard InChI is InChI=1S/C19H27NO7S/c1-19(2,3)26-18(22)20-12-15(10-11-16(20)17(21)25-4)27-28(23,24)13-14-8-6-5-7-9-14/h5-9,15-16H,10-13H2,1-4H3/t15-,16-/m0/s1. The second-order valence-corrected chi connectivity index (χ2v) is 9.25. The fraction of sp³-hybridized carbons (Fsp3) is 0.579. The molecule has 8 nitrogen and oxygen atoms in total. The zero-order valence-electron chi connectivity index (χ0n) is 16.6. The predicted molar refractivity (Wildman–Crippen MR) is 102 cm³/mol. The fourth-order valence-corrected chi connectivity index (χ4v) is 4.18. The summed E-state index contributed by atoms with van der Waals surface area (Å²) in [6.07, 6.45) is -0.955. The first-order valence-corrected chi connectivity index (χ1v) is 10.6. The molecule has 1 aliphatic rings. The quantitative estimate of drug-likeness (QED) is 0.540. The van der Waals surface area contributed by atoms with Gasteiger partial charge in [0.15, 0.2) is 0 Å².